The largest absolute Gasteiger partial charge is 0.489 e. The molecule has 0 bridgehead atoms. The smallest absolute Gasteiger partial charge is 0.169 e. The molecular formula is C18H14ClNO2S. The van der Waals surface area contributed by atoms with E-state index < -0.39 is 0 Å². The van der Waals surface area contributed by atoms with Gasteiger partial charge in [-0.05, 0) is 23.8 Å². The third-order valence-electron chi connectivity index (χ3n) is 3.29. The van der Waals surface area contributed by atoms with E-state index in [2.05, 4.69) is 4.98 Å². The Morgan fingerprint density at radius 3 is 2.74 bits per heavy atom. The van der Waals surface area contributed by atoms with Crippen molar-refractivity contribution in [2.24, 2.45) is 0 Å². The molecule has 0 aliphatic carbocycles. The van der Waals surface area contributed by atoms with Gasteiger partial charge in [0.25, 0.3) is 0 Å². The normalized spacial score (nSPS) is 10.5. The Morgan fingerprint density at radius 1 is 1.17 bits per heavy atom. The third-order valence-corrected chi connectivity index (χ3v) is 4.39. The van der Waals surface area contributed by atoms with Crippen LogP contribution in [0.1, 0.15) is 26.6 Å². The molecule has 3 rings (SSSR count). The molecule has 0 radical (unpaired) electrons. The molecule has 23 heavy (non-hydrogen) atoms. The lowest BCUT2D eigenvalue weighted by atomic mass is 10.1. The number of nitrogens with zero attached hydrogens (tertiary/aromatic N) is 1. The van der Waals surface area contributed by atoms with Crippen LogP contribution in [0.3, 0.4) is 0 Å². The molecule has 0 unspecified atom stereocenters. The summed E-state index contributed by atoms with van der Waals surface area (Å²) in [5, 5.41) is 3.26. The maximum atomic E-state index is 10.8. The molecule has 5 heteroatoms. The van der Waals surface area contributed by atoms with Crippen LogP contribution in [0.5, 0.6) is 5.75 Å². The Bertz CT molecular complexity index is 802. The van der Waals surface area contributed by atoms with Crippen LogP contribution in [-0.2, 0) is 13.0 Å². The van der Waals surface area contributed by atoms with Crippen molar-refractivity contribution in [2.75, 3.05) is 0 Å². The SMILES string of the molecule is O=Cc1csc(Cc2cc(Cl)ccc2OCc2ccccc2)n1. The first-order chi connectivity index (χ1) is 11.2. The predicted molar refractivity (Wildman–Crippen MR) is 92.5 cm³/mol. The molecule has 0 saturated carbocycles. The summed E-state index contributed by atoms with van der Waals surface area (Å²) < 4.78 is 5.93. The Hall–Kier alpha value is -2.17. The van der Waals surface area contributed by atoms with Crippen molar-refractivity contribution in [1.82, 2.24) is 4.98 Å². The van der Waals surface area contributed by atoms with E-state index in [4.69, 9.17) is 16.3 Å². The highest BCUT2D eigenvalue weighted by molar-refractivity contribution is 7.09. The number of ether oxygens (including phenoxy) is 1. The summed E-state index contributed by atoms with van der Waals surface area (Å²) in [6.45, 7) is 0.493. The molecule has 0 amide bonds. The minimum Gasteiger partial charge on any atom is -0.489 e. The van der Waals surface area contributed by atoms with E-state index in [1.54, 1.807) is 5.38 Å². The van der Waals surface area contributed by atoms with Gasteiger partial charge in [-0.25, -0.2) is 4.98 Å². The lowest BCUT2D eigenvalue weighted by molar-refractivity contribution is 0.111. The minimum atomic E-state index is 0.457. The molecule has 0 aliphatic heterocycles. The number of aldehydes is 1. The van der Waals surface area contributed by atoms with E-state index in [1.165, 1.54) is 11.3 Å². The van der Waals surface area contributed by atoms with Crippen LogP contribution in [0.25, 0.3) is 0 Å². The second kappa shape index (κ2) is 7.40. The van der Waals surface area contributed by atoms with Crippen LogP contribution in [0, 0.1) is 0 Å². The molecule has 2 aromatic carbocycles. The quantitative estimate of drug-likeness (QED) is 0.605. The molecule has 1 heterocycles. The summed E-state index contributed by atoms with van der Waals surface area (Å²) in [7, 11) is 0. The van der Waals surface area contributed by atoms with Gasteiger partial charge in [0.05, 0.1) is 5.01 Å². The summed E-state index contributed by atoms with van der Waals surface area (Å²) in [5.41, 5.74) is 2.52. The van der Waals surface area contributed by atoms with Crippen LogP contribution in [0.2, 0.25) is 5.02 Å². The molecular weight excluding hydrogens is 330 g/mol. The molecule has 0 aliphatic rings. The van der Waals surface area contributed by atoms with E-state index in [-0.39, 0.29) is 0 Å². The van der Waals surface area contributed by atoms with Gasteiger partial charge in [-0.3, -0.25) is 4.79 Å². The van der Waals surface area contributed by atoms with Crippen LogP contribution < -0.4 is 4.74 Å². The second-order valence-electron chi connectivity index (χ2n) is 4.99. The Kier molecular flexibility index (Phi) is 5.05. The van der Waals surface area contributed by atoms with Gasteiger partial charge in [0, 0.05) is 22.4 Å². The first kappa shape index (κ1) is 15.7. The lowest BCUT2D eigenvalue weighted by Gasteiger charge is -2.11. The van der Waals surface area contributed by atoms with E-state index in [0.29, 0.717) is 23.7 Å². The number of carbonyl (C=O) groups excluding carboxylic acids is 1. The summed E-state index contributed by atoms with van der Waals surface area (Å²) >= 11 is 7.56. The summed E-state index contributed by atoms with van der Waals surface area (Å²) in [4.78, 5) is 15.0. The first-order valence-electron chi connectivity index (χ1n) is 7.09. The maximum absolute atomic E-state index is 10.8. The standard InChI is InChI=1S/C18H14ClNO2S/c19-15-6-7-17(22-11-13-4-2-1-3-5-13)14(8-15)9-18-20-16(10-21)12-23-18/h1-8,10,12H,9,11H2. The summed E-state index contributed by atoms with van der Waals surface area (Å²) in [5.74, 6) is 0.779. The van der Waals surface area contributed by atoms with E-state index in [0.717, 1.165) is 28.2 Å². The highest BCUT2D eigenvalue weighted by Gasteiger charge is 2.09. The summed E-state index contributed by atoms with van der Waals surface area (Å²) in [6.07, 6.45) is 1.34. The number of thiazole rings is 1. The predicted octanol–water partition coefficient (Wildman–Crippen LogP) is 4.78. The van der Waals surface area contributed by atoms with Gasteiger partial charge in [0.1, 0.15) is 18.1 Å². The summed E-state index contributed by atoms with van der Waals surface area (Å²) in [6, 6.07) is 15.5. The Balaban J connectivity index is 1.78. The average Bonchev–Trinajstić information content (AvgIpc) is 3.03. The molecule has 3 nitrogen and oxygen atoms in total. The number of hydrogen-bond donors (Lipinski definition) is 0. The monoisotopic (exact) mass is 343 g/mol. The topological polar surface area (TPSA) is 39.2 Å². The number of carbonyl (C=O) groups is 1. The third kappa shape index (κ3) is 4.18. The van der Waals surface area contributed by atoms with Gasteiger partial charge in [-0.2, -0.15) is 0 Å². The van der Waals surface area contributed by atoms with Crippen molar-refractivity contribution in [3.63, 3.8) is 0 Å². The molecule has 0 saturated heterocycles. The van der Waals surface area contributed by atoms with Crippen LogP contribution >= 0.6 is 22.9 Å². The fraction of sp³-hybridized carbons (Fsp3) is 0.111. The molecule has 1 aromatic heterocycles. The second-order valence-corrected chi connectivity index (χ2v) is 6.37. The number of benzene rings is 2. The highest BCUT2D eigenvalue weighted by Crippen LogP contribution is 2.27. The van der Waals surface area contributed by atoms with Crippen molar-refractivity contribution >= 4 is 29.2 Å². The molecule has 116 valence electrons. The van der Waals surface area contributed by atoms with Crippen LogP contribution in [0.15, 0.2) is 53.9 Å². The first-order valence-corrected chi connectivity index (χ1v) is 8.35. The fourth-order valence-corrected chi connectivity index (χ4v) is 3.14. The minimum absolute atomic E-state index is 0.457. The molecule has 0 fully saturated rings. The Labute approximate surface area is 143 Å². The van der Waals surface area contributed by atoms with Crippen molar-refractivity contribution in [1.29, 1.82) is 0 Å². The number of aromatic nitrogens is 1. The zero-order valence-corrected chi connectivity index (χ0v) is 13.8. The number of hydrogen-bond acceptors (Lipinski definition) is 4. The molecule has 0 spiro atoms. The zero-order valence-electron chi connectivity index (χ0n) is 12.2. The molecule has 0 N–H and O–H groups in total. The van der Waals surface area contributed by atoms with Gasteiger partial charge in [-0.1, -0.05) is 41.9 Å². The van der Waals surface area contributed by atoms with Crippen molar-refractivity contribution in [2.45, 2.75) is 13.0 Å². The molecule has 0 atom stereocenters. The van der Waals surface area contributed by atoms with Gasteiger partial charge in [0.2, 0.25) is 0 Å². The van der Waals surface area contributed by atoms with E-state index in [9.17, 15) is 4.79 Å². The van der Waals surface area contributed by atoms with Gasteiger partial charge in [0.15, 0.2) is 6.29 Å². The van der Waals surface area contributed by atoms with E-state index in [1.807, 2.05) is 48.5 Å². The number of halogens is 1. The van der Waals surface area contributed by atoms with Crippen molar-refractivity contribution in [3.05, 3.63) is 80.8 Å². The average molecular weight is 344 g/mol. The van der Waals surface area contributed by atoms with Gasteiger partial charge in [-0.15, -0.1) is 11.3 Å². The lowest BCUT2D eigenvalue weighted by Crippen LogP contribution is -1.99. The fourth-order valence-electron chi connectivity index (χ4n) is 2.19. The maximum Gasteiger partial charge on any atom is 0.169 e. The van der Waals surface area contributed by atoms with E-state index >= 15 is 0 Å². The zero-order chi connectivity index (χ0) is 16.1. The van der Waals surface area contributed by atoms with Gasteiger partial charge >= 0.3 is 0 Å². The van der Waals surface area contributed by atoms with Crippen LogP contribution in [0.4, 0.5) is 0 Å². The molecule has 3 aromatic rings. The Morgan fingerprint density at radius 2 is 2.00 bits per heavy atom. The number of rotatable bonds is 6. The van der Waals surface area contributed by atoms with Crippen molar-refractivity contribution < 1.29 is 9.53 Å². The van der Waals surface area contributed by atoms with Crippen LogP contribution in [-0.4, -0.2) is 11.3 Å². The van der Waals surface area contributed by atoms with Gasteiger partial charge < -0.3 is 4.74 Å². The van der Waals surface area contributed by atoms with Crippen molar-refractivity contribution in [3.8, 4) is 5.75 Å². The highest BCUT2D eigenvalue weighted by atomic mass is 35.5.